The molecule has 0 amide bonds. The first-order valence-corrected chi connectivity index (χ1v) is 10.4. The first-order chi connectivity index (χ1) is 10.7. The summed E-state index contributed by atoms with van der Waals surface area (Å²) in [5, 5.41) is 0. The summed E-state index contributed by atoms with van der Waals surface area (Å²) in [7, 11) is 0. The molecule has 22 heavy (non-hydrogen) atoms. The molecule has 0 aromatic heterocycles. The third kappa shape index (κ3) is 1.71. The maximum absolute atomic E-state index is 2.72. The molecule has 0 N–H and O–H groups in total. The van der Waals surface area contributed by atoms with Gasteiger partial charge in [-0.2, -0.15) is 0 Å². The summed E-state index contributed by atoms with van der Waals surface area (Å²) >= 11 is 0. The van der Waals surface area contributed by atoms with Gasteiger partial charge in [0.1, 0.15) is 0 Å². The summed E-state index contributed by atoms with van der Waals surface area (Å²) in [6.45, 7) is 2.72. The van der Waals surface area contributed by atoms with Crippen molar-refractivity contribution in [3.05, 3.63) is 12.2 Å². The lowest BCUT2D eigenvalue weighted by Crippen LogP contribution is -2.53. The molecule has 1 spiro atoms. The fourth-order valence-electron chi connectivity index (χ4n) is 8.54. The van der Waals surface area contributed by atoms with Gasteiger partial charge in [0.05, 0.1) is 0 Å². The van der Waals surface area contributed by atoms with Gasteiger partial charge in [0, 0.05) is 0 Å². The summed E-state index contributed by atoms with van der Waals surface area (Å²) in [5.41, 5.74) is 1.49. The van der Waals surface area contributed by atoms with Crippen LogP contribution in [0.1, 0.15) is 84.0 Å². The highest BCUT2D eigenvalue weighted by Gasteiger charge is 2.60. The summed E-state index contributed by atoms with van der Waals surface area (Å²) in [6.07, 6.45) is 23.6. The zero-order chi connectivity index (χ0) is 14.8. The number of allylic oxidation sites excluding steroid dienone is 2. The van der Waals surface area contributed by atoms with E-state index in [4.69, 9.17) is 0 Å². The Hall–Kier alpha value is -0.260. The van der Waals surface area contributed by atoms with Crippen molar-refractivity contribution in [3.8, 4) is 0 Å². The second-order valence-electron chi connectivity index (χ2n) is 9.83. The molecule has 0 aromatic carbocycles. The molecule has 0 aromatic rings. The molecule has 0 heteroatoms. The Labute approximate surface area is 137 Å². The molecule has 0 nitrogen and oxygen atoms in total. The number of hydrogen-bond acceptors (Lipinski definition) is 0. The zero-order valence-corrected chi connectivity index (χ0v) is 14.5. The molecular weight excluding hydrogens is 264 g/mol. The van der Waals surface area contributed by atoms with E-state index >= 15 is 0 Å². The van der Waals surface area contributed by atoms with Gasteiger partial charge >= 0.3 is 0 Å². The van der Waals surface area contributed by atoms with E-state index in [9.17, 15) is 0 Å². The van der Waals surface area contributed by atoms with E-state index in [-0.39, 0.29) is 0 Å². The molecule has 0 aliphatic heterocycles. The fraction of sp³-hybridized carbons (Fsp3) is 0.909. The van der Waals surface area contributed by atoms with Gasteiger partial charge in [-0.3, -0.25) is 0 Å². The molecular formula is C22H34. The van der Waals surface area contributed by atoms with E-state index in [1.54, 1.807) is 44.9 Å². The molecule has 0 heterocycles. The normalized spacial score (nSPS) is 56.7. The van der Waals surface area contributed by atoms with Gasteiger partial charge in [-0.25, -0.2) is 0 Å². The first-order valence-electron chi connectivity index (χ1n) is 10.4. The minimum Gasteiger partial charge on any atom is -0.0882 e. The molecule has 5 rings (SSSR count). The van der Waals surface area contributed by atoms with Crippen molar-refractivity contribution < 1.29 is 0 Å². The highest BCUT2D eigenvalue weighted by Crippen LogP contribution is 2.69. The largest absolute Gasteiger partial charge is 0.0882 e. The van der Waals surface area contributed by atoms with Gasteiger partial charge in [0.2, 0.25) is 0 Å². The van der Waals surface area contributed by atoms with Crippen LogP contribution in [0.15, 0.2) is 12.2 Å². The van der Waals surface area contributed by atoms with Crippen molar-refractivity contribution in [1.29, 1.82) is 0 Å². The van der Waals surface area contributed by atoms with Crippen LogP contribution in [-0.2, 0) is 0 Å². The van der Waals surface area contributed by atoms with E-state index in [2.05, 4.69) is 19.1 Å². The Morgan fingerprint density at radius 3 is 2.73 bits per heavy atom. The third-order valence-corrected chi connectivity index (χ3v) is 9.51. The van der Waals surface area contributed by atoms with Crippen LogP contribution in [0.5, 0.6) is 0 Å². The van der Waals surface area contributed by atoms with E-state index in [1.807, 2.05) is 0 Å². The summed E-state index contributed by atoms with van der Waals surface area (Å²) < 4.78 is 0. The van der Waals surface area contributed by atoms with Crippen LogP contribution in [0.3, 0.4) is 0 Å². The van der Waals surface area contributed by atoms with Crippen LogP contribution >= 0.6 is 0 Å². The Balaban J connectivity index is 1.48. The lowest BCUT2D eigenvalue weighted by Gasteiger charge is -2.61. The van der Waals surface area contributed by atoms with Crippen molar-refractivity contribution in [1.82, 2.24) is 0 Å². The van der Waals surface area contributed by atoms with Crippen LogP contribution in [0.2, 0.25) is 0 Å². The van der Waals surface area contributed by atoms with E-state index in [1.165, 1.54) is 32.1 Å². The lowest BCUT2D eigenvalue weighted by atomic mass is 9.44. The average Bonchev–Trinajstić information content (AvgIpc) is 2.94. The highest BCUT2D eigenvalue weighted by molar-refractivity contribution is 5.15. The number of rotatable bonds is 0. The zero-order valence-electron chi connectivity index (χ0n) is 14.5. The molecule has 3 unspecified atom stereocenters. The minimum absolute atomic E-state index is 0.728. The second-order valence-corrected chi connectivity index (χ2v) is 9.83. The van der Waals surface area contributed by atoms with Crippen LogP contribution in [0.4, 0.5) is 0 Å². The van der Waals surface area contributed by atoms with Crippen molar-refractivity contribution >= 4 is 0 Å². The molecule has 0 radical (unpaired) electrons. The summed E-state index contributed by atoms with van der Waals surface area (Å²) in [5.74, 6) is 5.33. The second kappa shape index (κ2) is 4.87. The molecule has 122 valence electrons. The summed E-state index contributed by atoms with van der Waals surface area (Å²) in [4.78, 5) is 0. The summed E-state index contributed by atoms with van der Waals surface area (Å²) in [6, 6.07) is 0. The van der Waals surface area contributed by atoms with Gasteiger partial charge < -0.3 is 0 Å². The van der Waals surface area contributed by atoms with Crippen LogP contribution < -0.4 is 0 Å². The standard InChI is InChI=1S/C22H34/c1-21-13-4-2-6-16(21)8-10-18-19(21)12-15-22-14-5-3-7-17(22)9-11-20(18)22/h3,7,16-20H,2,4-6,8-15H2,1H3/t16-,17+,18?,19?,20?,21+,22-/m1/s1. The molecule has 4 saturated carbocycles. The molecule has 5 aliphatic carbocycles. The minimum atomic E-state index is 0.728. The quantitative estimate of drug-likeness (QED) is 0.456. The smallest absolute Gasteiger partial charge is 0.0174 e. The van der Waals surface area contributed by atoms with Crippen molar-refractivity contribution in [2.24, 2.45) is 40.4 Å². The lowest BCUT2D eigenvalue weighted by molar-refractivity contribution is -0.115. The Morgan fingerprint density at radius 1 is 0.818 bits per heavy atom. The topological polar surface area (TPSA) is 0 Å². The van der Waals surface area contributed by atoms with E-state index in [0.29, 0.717) is 0 Å². The molecule has 0 saturated heterocycles. The van der Waals surface area contributed by atoms with Crippen LogP contribution in [0, 0.1) is 40.4 Å². The van der Waals surface area contributed by atoms with Gasteiger partial charge in [0.25, 0.3) is 0 Å². The van der Waals surface area contributed by atoms with Gasteiger partial charge in [-0.15, -0.1) is 0 Å². The molecule has 4 fully saturated rings. The predicted molar refractivity (Wildman–Crippen MR) is 92.5 cm³/mol. The van der Waals surface area contributed by atoms with Gasteiger partial charge in [0.15, 0.2) is 0 Å². The number of hydrogen-bond donors (Lipinski definition) is 0. The van der Waals surface area contributed by atoms with Crippen molar-refractivity contribution in [2.45, 2.75) is 84.0 Å². The predicted octanol–water partition coefficient (Wildman–Crippen LogP) is 6.37. The van der Waals surface area contributed by atoms with Crippen LogP contribution in [0.25, 0.3) is 0 Å². The maximum atomic E-state index is 2.72. The average molecular weight is 299 g/mol. The van der Waals surface area contributed by atoms with Gasteiger partial charge in [-0.1, -0.05) is 31.9 Å². The van der Waals surface area contributed by atoms with E-state index in [0.717, 1.165) is 40.4 Å². The monoisotopic (exact) mass is 298 g/mol. The Bertz CT molecular complexity index is 476. The number of fused-ring (bicyclic) bond motifs is 4. The first kappa shape index (κ1) is 14.1. The third-order valence-electron chi connectivity index (χ3n) is 9.51. The van der Waals surface area contributed by atoms with Crippen molar-refractivity contribution in [3.63, 3.8) is 0 Å². The molecule has 0 bridgehead atoms. The SMILES string of the molecule is C[C@]12CCCC[C@@H]1CCC1C3CC[C@@H]4C=CCC[C@]34CCC12. The molecule has 7 atom stereocenters. The highest BCUT2D eigenvalue weighted by atomic mass is 14.6. The molecule has 5 aliphatic rings. The Kier molecular flexibility index (Phi) is 3.12. The van der Waals surface area contributed by atoms with E-state index < -0.39 is 0 Å². The fourth-order valence-corrected chi connectivity index (χ4v) is 8.54. The van der Waals surface area contributed by atoms with Crippen LogP contribution in [-0.4, -0.2) is 0 Å². The van der Waals surface area contributed by atoms with Crippen molar-refractivity contribution in [2.75, 3.05) is 0 Å². The maximum Gasteiger partial charge on any atom is -0.0174 e. The van der Waals surface area contributed by atoms with Gasteiger partial charge in [-0.05, 0) is 105 Å². The Morgan fingerprint density at radius 2 is 1.77 bits per heavy atom.